The number of alkyl halides is 3. The predicted octanol–water partition coefficient (Wildman–Crippen LogP) is 1.37. The van der Waals surface area contributed by atoms with Gasteiger partial charge in [-0.05, 0) is 24.1 Å². The number of carbonyl (C=O) groups excluding carboxylic acids is 1. The zero-order valence-corrected chi connectivity index (χ0v) is 9.28. The maximum atomic E-state index is 11.8. The molecule has 1 atom stereocenters. The maximum Gasteiger partial charge on any atom is 0.422 e. The number of rotatable bonds is 4. The van der Waals surface area contributed by atoms with Gasteiger partial charge in [0.1, 0.15) is 11.8 Å². The molecule has 0 aromatic heterocycles. The van der Waals surface area contributed by atoms with Crippen LogP contribution in [0.2, 0.25) is 0 Å². The Labute approximate surface area is 101 Å². The minimum atomic E-state index is -4.56. The summed E-state index contributed by atoms with van der Waals surface area (Å²) in [5, 5.41) is 9.03. The van der Waals surface area contributed by atoms with Gasteiger partial charge in [-0.1, -0.05) is 12.1 Å². The monoisotopic (exact) mass is 263 g/mol. The van der Waals surface area contributed by atoms with E-state index in [4.69, 9.17) is 10.8 Å². The van der Waals surface area contributed by atoms with Crippen LogP contribution in [0.3, 0.4) is 0 Å². The summed E-state index contributed by atoms with van der Waals surface area (Å²) in [6.07, 6.45) is -4.52. The van der Waals surface area contributed by atoms with Gasteiger partial charge in [-0.25, -0.2) is 0 Å². The Bertz CT molecular complexity index is 403. The second-order valence-electron chi connectivity index (χ2n) is 3.70. The lowest BCUT2D eigenvalue weighted by Crippen LogP contribution is -2.36. The molecule has 18 heavy (non-hydrogen) atoms. The molecule has 0 saturated carbocycles. The molecule has 0 saturated heterocycles. The van der Waals surface area contributed by atoms with Crippen molar-refractivity contribution in [3.8, 4) is 5.75 Å². The molecule has 0 spiro atoms. The van der Waals surface area contributed by atoms with Crippen molar-refractivity contribution in [1.82, 2.24) is 0 Å². The fraction of sp³-hybridized carbons (Fsp3) is 0.364. The molecule has 0 aliphatic heterocycles. The summed E-state index contributed by atoms with van der Waals surface area (Å²) in [6, 6.07) is 4.65. The topological polar surface area (TPSA) is 72.5 Å². The normalized spacial score (nSPS) is 13.1. The average molecular weight is 263 g/mol. The quantitative estimate of drug-likeness (QED) is 0.805. The minimum absolute atomic E-state index is 0.0387. The van der Waals surface area contributed by atoms with Gasteiger partial charge < -0.3 is 15.6 Å². The van der Waals surface area contributed by atoms with Crippen LogP contribution < -0.4 is 5.73 Å². The number of hydrogen-bond donors (Lipinski definition) is 2. The predicted molar refractivity (Wildman–Crippen MR) is 56.8 cm³/mol. The third-order valence-electron chi connectivity index (χ3n) is 2.07. The van der Waals surface area contributed by atoms with Crippen molar-refractivity contribution >= 4 is 5.97 Å². The number of phenols is 1. The molecule has 0 aliphatic rings. The summed E-state index contributed by atoms with van der Waals surface area (Å²) in [5.41, 5.74) is 6.03. The van der Waals surface area contributed by atoms with E-state index in [2.05, 4.69) is 4.74 Å². The number of halogens is 3. The number of ether oxygens (including phenoxy) is 1. The highest BCUT2D eigenvalue weighted by molar-refractivity contribution is 5.75. The van der Waals surface area contributed by atoms with Crippen molar-refractivity contribution in [3.05, 3.63) is 29.8 Å². The molecule has 0 bridgehead atoms. The number of phenolic OH excluding ortho intramolecular Hbond substituents is 1. The Hall–Kier alpha value is -1.76. The van der Waals surface area contributed by atoms with E-state index in [1.165, 1.54) is 24.3 Å². The van der Waals surface area contributed by atoms with Gasteiger partial charge >= 0.3 is 12.1 Å². The van der Waals surface area contributed by atoms with Crippen molar-refractivity contribution < 1.29 is 27.8 Å². The highest BCUT2D eigenvalue weighted by Gasteiger charge is 2.30. The van der Waals surface area contributed by atoms with Crippen LogP contribution in [0.1, 0.15) is 5.56 Å². The molecule has 0 aliphatic carbocycles. The van der Waals surface area contributed by atoms with Gasteiger partial charge in [-0.15, -0.1) is 0 Å². The number of nitrogens with two attached hydrogens (primary N) is 1. The standard InChI is InChI=1S/C11H12F3NO3/c12-11(13,14)6-18-10(17)9(15)5-7-1-3-8(16)4-2-7/h1-4,9,16H,5-6,15H2/t9-/m0/s1. The Balaban J connectivity index is 2.47. The molecule has 7 heteroatoms. The van der Waals surface area contributed by atoms with Crippen LogP contribution in [-0.4, -0.2) is 29.9 Å². The Morgan fingerprint density at radius 1 is 1.33 bits per heavy atom. The molecule has 1 aromatic rings. The van der Waals surface area contributed by atoms with Crippen LogP contribution in [0.4, 0.5) is 13.2 Å². The van der Waals surface area contributed by atoms with Gasteiger partial charge in [-0.3, -0.25) is 4.79 Å². The highest BCUT2D eigenvalue weighted by Crippen LogP contribution is 2.15. The minimum Gasteiger partial charge on any atom is -0.508 e. The van der Waals surface area contributed by atoms with E-state index < -0.39 is 24.8 Å². The van der Waals surface area contributed by atoms with Crippen LogP contribution in [0.25, 0.3) is 0 Å². The third-order valence-corrected chi connectivity index (χ3v) is 2.07. The number of aromatic hydroxyl groups is 1. The molecule has 0 heterocycles. The van der Waals surface area contributed by atoms with Gasteiger partial charge in [-0.2, -0.15) is 13.2 Å². The molecule has 3 N–H and O–H groups in total. The van der Waals surface area contributed by atoms with E-state index in [0.29, 0.717) is 5.56 Å². The Kier molecular flexibility index (Phi) is 4.55. The fourth-order valence-electron chi connectivity index (χ4n) is 1.23. The van der Waals surface area contributed by atoms with Gasteiger partial charge in [0.05, 0.1) is 0 Å². The lowest BCUT2D eigenvalue weighted by Gasteiger charge is -2.12. The first-order valence-corrected chi connectivity index (χ1v) is 5.05. The summed E-state index contributed by atoms with van der Waals surface area (Å²) in [5.74, 6) is -1.06. The van der Waals surface area contributed by atoms with E-state index in [-0.39, 0.29) is 12.2 Å². The zero-order valence-electron chi connectivity index (χ0n) is 9.28. The number of hydrogen-bond acceptors (Lipinski definition) is 4. The third kappa shape index (κ3) is 5.05. The van der Waals surface area contributed by atoms with Crippen molar-refractivity contribution in [3.63, 3.8) is 0 Å². The van der Waals surface area contributed by atoms with Crippen LogP contribution in [-0.2, 0) is 16.0 Å². The Morgan fingerprint density at radius 3 is 2.39 bits per heavy atom. The summed E-state index contributed by atoms with van der Waals surface area (Å²) in [4.78, 5) is 11.2. The number of carbonyl (C=O) groups is 1. The maximum absolute atomic E-state index is 11.8. The molecule has 0 radical (unpaired) electrons. The smallest absolute Gasteiger partial charge is 0.422 e. The van der Waals surface area contributed by atoms with Crippen molar-refractivity contribution in [2.75, 3.05) is 6.61 Å². The van der Waals surface area contributed by atoms with Crippen LogP contribution >= 0.6 is 0 Å². The molecule has 0 unspecified atom stereocenters. The van der Waals surface area contributed by atoms with Gasteiger partial charge in [0, 0.05) is 0 Å². The molecule has 100 valence electrons. The van der Waals surface area contributed by atoms with Gasteiger partial charge in [0.2, 0.25) is 0 Å². The summed E-state index contributed by atoms with van der Waals surface area (Å²) >= 11 is 0. The van der Waals surface area contributed by atoms with E-state index in [1.807, 2.05) is 0 Å². The molecule has 1 aromatic carbocycles. The largest absolute Gasteiger partial charge is 0.508 e. The number of benzene rings is 1. The fourth-order valence-corrected chi connectivity index (χ4v) is 1.23. The van der Waals surface area contributed by atoms with E-state index in [9.17, 15) is 18.0 Å². The van der Waals surface area contributed by atoms with E-state index >= 15 is 0 Å². The zero-order chi connectivity index (χ0) is 13.8. The van der Waals surface area contributed by atoms with Crippen LogP contribution in [0.15, 0.2) is 24.3 Å². The Morgan fingerprint density at radius 2 is 1.89 bits per heavy atom. The first-order valence-electron chi connectivity index (χ1n) is 5.05. The van der Waals surface area contributed by atoms with E-state index in [1.54, 1.807) is 0 Å². The second kappa shape index (κ2) is 5.72. The summed E-state index contributed by atoms with van der Waals surface area (Å²) < 4.78 is 39.4. The highest BCUT2D eigenvalue weighted by atomic mass is 19.4. The molecular formula is C11H12F3NO3. The second-order valence-corrected chi connectivity index (χ2v) is 3.70. The molecule has 0 fully saturated rings. The molecule has 0 amide bonds. The molecule has 1 rings (SSSR count). The first kappa shape index (κ1) is 14.3. The van der Waals surface area contributed by atoms with Crippen molar-refractivity contribution in [2.24, 2.45) is 5.73 Å². The summed E-state index contributed by atoms with van der Waals surface area (Å²) in [6.45, 7) is -1.64. The molecule has 4 nitrogen and oxygen atoms in total. The van der Waals surface area contributed by atoms with Gasteiger partial charge in [0.15, 0.2) is 6.61 Å². The summed E-state index contributed by atoms with van der Waals surface area (Å²) in [7, 11) is 0. The number of esters is 1. The van der Waals surface area contributed by atoms with Gasteiger partial charge in [0.25, 0.3) is 0 Å². The van der Waals surface area contributed by atoms with Crippen molar-refractivity contribution in [2.45, 2.75) is 18.6 Å². The average Bonchev–Trinajstić information content (AvgIpc) is 2.28. The van der Waals surface area contributed by atoms with Crippen molar-refractivity contribution in [1.29, 1.82) is 0 Å². The first-order chi connectivity index (χ1) is 8.28. The van der Waals surface area contributed by atoms with E-state index in [0.717, 1.165) is 0 Å². The lowest BCUT2D eigenvalue weighted by atomic mass is 10.1. The SMILES string of the molecule is N[C@@H](Cc1ccc(O)cc1)C(=O)OCC(F)(F)F. The lowest BCUT2D eigenvalue weighted by molar-refractivity contribution is -0.187. The van der Waals surface area contributed by atoms with Crippen LogP contribution in [0.5, 0.6) is 5.75 Å². The van der Waals surface area contributed by atoms with Crippen LogP contribution in [0, 0.1) is 0 Å². The molecular weight excluding hydrogens is 251 g/mol.